The van der Waals surface area contributed by atoms with E-state index in [1.165, 1.54) is 47.4 Å². The van der Waals surface area contributed by atoms with Crippen molar-refractivity contribution < 1.29 is 22.0 Å². The number of aromatic nitrogens is 4. The predicted molar refractivity (Wildman–Crippen MR) is 99.8 cm³/mol. The summed E-state index contributed by atoms with van der Waals surface area (Å²) in [6, 6.07) is 8.16. The van der Waals surface area contributed by atoms with Crippen LogP contribution < -0.4 is 10.0 Å². The molecule has 0 saturated carbocycles. The zero-order valence-corrected chi connectivity index (χ0v) is 15.9. The Balaban J connectivity index is 1.65. The van der Waals surface area contributed by atoms with Gasteiger partial charge in [-0.25, -0.2) is 31.9 Å². The van der Waals surface area contributed by atoms with Gasteiger partial charge in [0.15, 0.2) is 0 Å². The van der Waals surface area contributed by atoms with Crippen molar-refractivity contribution in [1.82, 2.24) is 19.7 Å². The number of nitrogens with zero attached hydrogens (tertiary/aromatic N) is 4. The Morgan fingerprint density at radius 2 is 1.83 bits per heavy atom. The second-order valence-corrected chi connectivity index (χ2v) is 7.60. The molecule has 0 spiro atoms. The van der Waals surface area contributed by atoms with Crippen molar-refractivity contribution in [2.45, 2.75) is 24.8 Å². The van der Waals surface area contributed by atoms with Crippen molar-refractivity contribution in [2.24, 2.45) is 0 Å². The van der Waals surface area contributed by atoms with Gasteiger partial charge in [0.1, 0.15) is 12.2 Å². The lowest BCUT2D eigenvalue weighted by Crippen LogP contribution is -2.20. The maximum absolute atomic E-state index is 12.7. The van der Waals surface area contributed by atoms with E-state index in [9.17, 15) is 22.0 Å². The number of aryl methyl sites for hydroxylation is 1. The van der Waals surface area contributed by atoms with Crippen LogP contribution >= 0.6 is 0 Å². The second-order valence-electron chi connectivity index (χ2n) is 5.92. The third kappa shape index (κ3) is 5.10. The summed E-state index contributed by atoms with van der Waals surface area (Å²) in [6.07, 6.45) is 0.0758. The van der Waals surface area contributed by atoms with E-state index < -0.39 is 28.0 Å². The number of anilines is 2. The number of carbonyl (C=O) groups is 1. The zero-order valence-electron chi connectivity index (χ0n) is 15.1. The summed E-state index contributed by atoms with van der Waals surface area (Å²) < 4.78 is 53.4. The number of carbonyl (C=O) groups excluding carboxylic acids is 1. The van der Waals surface area contributed by atoms with Crippen LogP contribution in [0.2, 0.25) is 0 Å². The zero-order chi connectivity index (χ0) is 21.0. The van der Waals surface area contributed by atoms with Crippen LogP contribution in [0.5, 0.6) is 0 Å². The van der Waals surface area contributed by atoms with Crippen LogP contribution in [0.4, 0.5) is 20.4 Å². The minimum atomic E-state index is -3.89. The van der Waals surface area contributed by atoms with E-state index in [2.05, 4.69) is 25.1 Å². The Hall–Kier alpha value is -3.41. The molecule has 0 aliphatic carbocycles. The minimum absolute atomic E-state index is 0.0487. The van der Waals surface area contributed by atoms with E-state index >= 15 is 0 Å². The highest BCUT2D eigenvalue weighted by Crippen LogP contribution is 2.19. The van der Waals surface area contributed by atoms with Crippen molar-refractivity contribution in [3.63, 3.8) is 0 Å². The highest BCUT2D eigenvalue weighted by molar-refractivity contribution is 7.92. The van der Waals surface area contributed by atoms with Crippen LogP contribution in [0.1, 0.15) is 17.8 Å². The largest absolute Gasteiger partial charge is 0.324 e. The molecule has 3 rings (SSSR count). The van der Waals surface area contributed by atoms with Crippen LogP contribution in [0.25, 0.3) is 0 Å². The van der Waals surface area contributed by atoms with E-state index in [1.54, 1.807) is 13.0 Å². The maximum atomic E-state index is 12.7. The van der Waals surface area contributed by atoms with Crippen LogP contribution in [-0.2, 0) is 21.4 Å². The van der Waals surface area contributed by atoms with Gasteiger partial charge in [-0.05, 0) is 43.3 Å². The Morgan fingerprint density at radius 1 is 1.17 bits per heavy atom. The van der Waals surface area contributed by atoms with Gasteiger partial charge >= 0.3 is 0 Å². The Morgan fingerprint density at radius 3 is 2.41 bits per heavy atom. The molecule has 0 saturated heterocycles. The number of rotatable bonds is 7. The smallest absolute Gasteiger partial charge is 0.282 e. The van der Waals surface area contributed by atoms with Gasteiger partial charge in [0.25, 0.3) is 16.4 Å². The molecule has 29 heavy (non-hydrogen) atoms. The number of sulfonamides is 1. The van der Waals surface area contributed by atoms with Crippen LogP contribution in [-0.4, -0.2) is 34.1 Å². The van der Waals surface area contributed by atoms with Gasteiger partial charge in [-0.15, -0.1) is 0 Å². The lowest BCUT2D eigenvalue weighted by atomic mass is 10.3. The van der Waals surface area contributed by atoms with E-state index in [1.807, 2.05) is 0 Å². The van der Waals surface area contributed by atoms with Gasteiger partial charge in [0, 0.05) is 23.8 Å². The average molecular weight is 422 g/mol. The molecular formula is C17H16F2N6O3S. The quantitative estimate of drug-likeness (QED) is 0.603. The molecule has 0 fully saturated rings. The lowest BCUT2D eigenvalue weighted by molar-refractivity contribution is -0.117. The topological polar surface area (TPSA) is 119 Å². The summed E-state index contributed by atoms with van der Waals surface area (Å²) in [5.41, 5.74) is 0.356. The van der Waals surface area contributed by atoms with Gasteiger partial charge in [-0.3, -0.25) is 9.48 Å². The molecule has 0 unspecified atom stereocenters. The highest BCUT2D eigenvalue weighted by atomic mass is 32.2. The third-order valence-electron chi connectivity index (χ3n) is 3.76. The molecule has 1 amide bonds. The molecule has 152 valence electrons. The molecule has 3 aromatic rings. The molecular weight excluding hydrogens is 406 g/mol. The van der Waals surface area contributed by atoms with Gasteiger partial charge in [-0.1, -0.05) is 0 Å². The van der Waals surface area contributed by atoms with Gasteiger partial charge in [0.05, 0.1) is 4.90 Å². The Kier molecular flexibility index (Phi) is 5.82. The Bertz CT molecular complexity index is 1100. The number of halogens is 2. The third-order valence-corrected chi connectivity index (χ3v) is 5.10. The standard InChI is InChI=1S/C17H16F2N6O3S/c1-11-9-14(16(18)19)23-25(11)10-15(26)22-12-3-5-13(6-4-12)29(27,28)24-17-20-7-2-8-21-17/h2-9,16H,10H2,1H3,(H,22,26)(H,20,21,24). The van der Waals surface area contributed by atoms with Gasteiger partial charge < -0.3 is 5.32 Å². The summed E-state index contributed by atoms with van der Waals surface area (Å²) in [7, 11) is -3.89. The molecule has 0 aliphatic heterocycles. The van der Waals surface area contributed by atoms with Gasteiger partial charge in [0.2, 0.25) is 11.9 Å². The summed E-state index contributed by atoms with van der Waals surface area (Å²) in [6.45, 7) is 1.31. The number of nitrogens with one attached hydrogen (secondary N) is 2. The van der Waals surface area contributed by atoms with E-state index in [0.717, 1.165) is 0 Å². The van der Waals surface area contributed by atoms with Crippen molar-refractivity contribution in [3.05, 3.63) is 60.2 Å². The summed E-state index contributed by atoms with van der Waals surface area (Å²) in [4.78, 5) is 19.7. The van der Waals surface area contributed by atoms with Crippen LogP contribution in [0.15, 0.2) is 53.7 Å². The average Bonchev–Trinajstić information content (AvgIpc) is 3.03. The fourth-order valence-electron chi connectivity index (χ4n) is 2.39. The number of alkyl halides is 2. The first-order chi connectivity index (χ1) is 13.7. The number of benzene rings is 1. The fraction of sp³-hybridized carbons (Fsp3) is 0.176. The van der Waals surface area contributed by atoms with Gasteiger partial charge in [-0.2, -0.15) is 5.10 Å². The Labute approximate surface area is 164 Å². The lowest BCUT2D eigenvalue weighted by Gasteiger charge is -2.09. The first kappa shape index (κ1) is 20.3. The number of amides is 1. The SMILES string of the molecule is Cc1cc(C(F)F)nn1CC(=O)Nc1ccc(S(=O)(=O)Nc2ncccn2)cc1. The molecule has 0 atom stereocenters. The number of hydrogen-bond donors (Lipinski definition) is 2. The molecule has 9 nitrogen and oxygen atoms in total. The molecule has 2 aromatic heterocycles. The molecule has 2 heterocycles. The van der Waals surface area contributed by atoms with E-state index in [-0.39, 0.29) is 17.4 Å². The molecule has 1 aromatic carbocycles. The monoisotopic (exact) mass is 422 g/mol. The van der Waals surface area contributed by atoms with Crippen LogP contribution in [0.3, 0.4) is 0 Å². The molecule has 12 heteroatoms. The molecule has 0 aliphatic rings. The molecule has 2 N–H and O–H groups in total. The van der Waals surface area contributed by atoms with Crippen molar-refractivity contribution in [1.29, 1.82) is 0 Å². The van der Waals surface area contributed by atoms with Crippen molar-refractivity contribution in [3.8, 4) is 0 Å². The van der Waals surface area contributed by atoms with Crippen molar-refractivity contribution in [2.75, 3.05) is 10.0 Å². The van der Waals surface area contributed by atoms with E-state index in [4.69, 9.17) is 0 Å². The molecule has 0 radical (unpaired) electrons. The normalized spacial score (nSPS) is 11.4. The van der Waals surface area contributed by atoms with Crippen LogP contribution in [0, 0.1) is 6.92 Å². The summed E-state index contributed by atoms with van der Waals surface area (Å²) in [5.74, 6) is -0.564. The van der Waals surface area contributed by atoms with E-state index in [0.29, 0.717) is 11.4 Å². The summed E-state index contributed by atoms with van der Waals surface area (Å²) >= 11 is 0. The van der Waals surface area contributed by atoms with Crippen molar-refractivity contribution >= 4 is 27.6 Å². The second kappa shape index (κ2) is 8.31. The number of hydrogen-bond acceptors (Lipinski definition) is 6. The first-order valence-corrected chi connectivity index (χ1v) is 9.75. The minimum Gasteiger partial charge on any atom is -0.324 e. The molecule has 0 bridgehead atoms. The fourth-order valence-corrected chi connectivity index (χ4v) is 3.35. The first-order valence-electron chi connectivity index (χ1n) is 8.27. The highest BCUT2D eigenvalue weighted by Gasteiger charge is 2.17. The maximum Gasteiger partial charge on any atom is 0.282 e. The predicted octanol–water partition coefficient (Wildman–Crippen LogP) is 2.36. The summed E-state index contributed by atoms with van der Waals surface area (Å²) in [5, 5.41) is 6.24.